The van der Waals surface area contributed by atoms with Crippen molar-refractivity contribution < 1.29 is 4.79 Å². The number of carbonyl (C=O) groups is 1. The van der Waals surface area contributed by atoms with Gasteiger partial charge in [-0.3, -0.25) is 4.79 Å². The van der Waals surface area contributed by atoms with Gasteiger partial charge in [0.25, 0.3) is 0 Å². The molecule has 0 aliphatic carbocycles. The molecule has 1 aromatic rings. The summed E-state index contributed by atoms with van der Waals surface area (Å²) in [7, 11) is 0. The first-order chi connectivity index (χ1) is 7.99. The van der Waals surface area contributed by atoms with Crippen molar-refractivity contribution in [2.45, 2.75) is 26.3 Å². The normalized spacial score (nSPS) is 10.7. The van der Waals surface area contributed by atoms with Crippen molar-refractivity contribution in [3.8, 4) is 12.3 Å². The minimum Gasteiger partial charge on any atom is -0.324 e. The molecule has 0 saturated carbocycles. The summed E-state index contributed by atoms with van der Waals surface area (Å²) in [6, 6.07) is 7.25. The maximum atomic E-state index is 12.0. The van der Waals surface area contributed by atoms with Crippen molar-refractivity contribution >= 4 is 11.6 Å². The second-order valence-electron chi connectivity index (χ2n) is 4.33. The molecule has 3 nitrogen and oxygen atoms in total. The Morgan fingerprint density at radius 1 is 1.47 bits per heavy atom. The second-order valence-corrected chi connectivity index (χ2v) is 4.33. The van der Waals surface area contributed by atoms with E-state index in [1.807, 2.05) is 39.0 Å². The average molecular weight is 230 g/mol. The molecule has 0 fully saturated rings. The maximum Gasteiger partial charge on any atom is 0.244 e. The van der Waals surface area contributed by atoms with Crippen LogP contribution in [0.15, 0.2) is 24.3 Å². The lowest BCUT2D eigenvalue weighted by Crippen LogP contribution is -2.49. The lowest BCUT2D eigenvalue weighted by Gasteiger charge is -2.24. The molecule has 0 bridgehead atoms. The Hall–Kier alpha value is -1.79. The second kappa shape index (κ2) is 5.51. The minimum atomic E-state index is -0.596. The number of anilines is 1. The van der Waals surface area contributed by atoms with E-state index in [1.54, 1.807) is 6.07 Å². The van der Waals surface area contributed by atoms with E-state index in [2.05, 4.69) is 16.6 Å². The Bertz CT molecular complexity index is 444. The van der Waals surface area contributed by atoms with E-state index < -0.39 is 5.54 Å². The highest BCUT2D eigenvalue weighted by molar-refractivity contribution is 5.97. The van der Waals surface area contributed by atoms with Crippen LogP contribution in [0.2, 0.25) is 0 Å². The van der Waals surface area contributed by atoms with Crippen LogP contribution in [0.1, 0.15) is 26.3 Å². The maximum absolute atomic E-state index is 12.0. The Kier molecular flexibility index (Phi) is 4.30. The van der Waals surface area contributed by atoms with Gasteiger partial charge in [0.1, 0.15) is 0 Å². The van der Waals surface area contributed by atoms with Crippen LogP contribution in [0.5, 0.6) is 0 Å². The number of nitrogens with one attached hydrogen (secondary N) is 2. The van der Waals surface area contributed by atoms with Crippen LogP contribution in [-0.4, -0.2) is 18.0 Å². The first kappa shape index (κ1) is 13.3. The summed E-state index contributed by atoms with van der Waals surface area (Å²) < 4.78 is 0. The van der Waals surface area contributed by atoms with Crippen molar-refractivity contribution in [3.63, 3.8) is 0 Å². The molecule has 1 amide bonds. The van der Waals surface area contributed by atoms with E-state index >= 15 is 0 Å². The third-order valence-corrected chi connectivity index (χ3v) is 2.47. The van der Waals surface area contributed by atoms with Gasteiger partial charge in [-0.15, -0.1) is 6.42 Å². The Balaban J connectivity index is 2.78. The molecule has 0 saturated heterocycles. The Labute approximate surface area is 103 Å². The SMILES string of the molecule is C#Cc1cccc(NC(=O)C(C)(C)NCC)c1. The van der Waals surface area contributed by atoms with Crippen LogP contribution in [-0.2, 0) is 4.79 Å². The van der Waals surface area contributed by atoms with E-state index in [9.17, 15) is 4.79 Å². The largest absolute Gasteiger partial charge is 0.324 e. The van der Waals surface area contributed by atoms with Crippen LogP contribution >= 0.6 is 0 Å². The molecule has 0 heterocycles. The van der Waals surface area contributed by atoms with E-state index in [0.717, 1.165) is 17.8 Å². The Morgan fingerprint density at radius 3 is 2.76 bits per heavy atom. The molecule has 90 valence electrons. The molecule has 1 aromatic carbocycles. The lowest BCUT2D eigenvalue weighted by molar-refractivity contribution is -0.121. The third kappa shape index (κ3) is 3.61. The summed E-state index contributed by atoms with van der Waals surface area (Å²) in [6.07, 6.45) is 5.31. The third-order valence-electron chi connectivity index (χ3n) is 2.47. The van der Waals surface area contributed by atoms with Crippen molar-refractivity contribution in [3.05, 3.63) is 29.8 Å². The highest BCUT2D eigenvalue weighted by Crippen LogP contribution is 2.12. The zero-order chi connectivity index (χ0) is 12.9. The summed E-state index contributed by atoms with van der Waals surface area (Å²) in [5.41, 5.74) is 0.876. The zero-order valence-corrected chi connectivity index (χ0v) is 10.5. The number of hydrogen-bond donors (Lipinski definition) is 2. The fourth-order valence-electron chi connectivity index (χ4n) is 1.50. The molecule has 0 aromatic heterocycles. The number of likely N-dealkylation sites (N-methyl/N-ethyl adjacent to an activating group) is 1. The van der Waals surface area contributed by atoms with E-state index in [-0.39, 0.29) is 5.91 Å². The molecule has 0 unspecified atom stereocenters. The molecule has 0 radical (unpaired) electrons. The van der Waals surface area contributed by atoms with Crippen molar-refractivity contribution in [1.82, 2.24) is 5.32 Å². The first-order valence-electron chi connectivity index (χ1n) is 5.62. The van der Waals surface area contributed by atoms with Gasteiger partial charge >= 0.3 is 0 Å². The number of carbonyl (C=O) groups excluding carboxylic acids is 1. The summed E-state index contributed by atoms with van der Waals surface area (Å²) in [5.74, 6) is 2.46. The molecule has 1 rings (SSSR count). The van der Waals surface area contributed by atoms with Gasteiger partial charge < -0.3 is 10.6 Å². The first-order valence-corrected chi connectivity index (χ1v) is 5.62. The quantitative estimate of drug-likeness (QED) is 0.777. The fraction of sp³-hybridized carbons (Fsp3) is 0.357. The van der Waals surface area contributed by atoms with Gasteiger partial charge in [0.2, 0.25) is 5.91 Å². The fourth-order valence-corrected chi connectivity index (χ4v) is 1.50. The van der Waals surface area contributed by atoms with Gasteiger partial charge in [-0.2, -0.15) is 0 Å². The molecule has 0 spiro atoms. The number of hydrogen-bond acceptors (Lipinski definition) is 2. The molecular weight excluding hydrogens is 212 g/mol. The number of benzene rings is 1. The molecular formula is C14H18N2O. The summed E-state index contributed by atoms with van der Waals surface area (Å²) >= 11 is 0. The van der Waals surface area contributed by atoms with Gasteiger partial charge in [-0.25, -0.2) is 0 Å². The van der Waals surface area contributed by atoms with Gasteiger partial charge in [-0.05, 0) is 38.6 Å². The van der Waals surface area contributed by atoms with Crippen LogP contribution in [0.3, 0.4) is 0 Å². The number of amides is 1. The van der Waals surface area contributed by atoms with Crippen molar-refractivity contribution in [2.24, 2.45) is 0 Å². The minimum absolute atomic E-state index is 0.0754. The lowest BCUT2D eigenvalue weighted by atomic mass is 10.0. The molecule has 0 aliphatic rings. The standard InChI is InChI=1S/C14H18N2O/c1-5-11-8-7-9-12(10-11)16-13(17)14(3,4)15-6-2/h1,7-10,15H,6H2,2-4H3,(H,16,17). The molecule has 0 atom stereocenters. The molecule has 3 heteroatoms. The monoisotopic (exact) mass is 230 g/mol. The van der Waals surface area contributed by atoms with Gasteiger partial charge in [0.15, 0.2) is 0 Å². The van der Waals surface area contributed by atoms with Gasteiger partial charge in [0.05, 0.1) is 5.54 Å². The summed E-state index contributed by atoms with van der Waals surface area (Å²) in [5, 5.41) is 5.96. The number of terminal acetylenes is 1. The smallest absolute Gasteiger partial charge is 0.244 e. The predicted molar refractivity (Wildman–Crippen MR) is 70.8 cm³/mol. The highest BCUT2D eigenvalue weighted by atomic mass is 16.2. The molecule has 2 N–H and O–H groups in total. The van der Waals surface area contributed by atoms with Crippen LogP contribution in [0.4, 0.5) is 5.69 Å². The van der Waals surface area contributed by atoms with Crippen molar-refractivity contribution in [2.75, 3.05) is 11.9 Å². The number of rotatable bonds is 4. The van der Waals surface area contributed by atoms with Crippen molar-refractivity contribution in [1.29, 1.82) is 0 Å². The Morgan fingerprint density at radius 2 is 2.18 bits per heavy atom. The molecule has 0 aliphatic heterocycles. The van der Waals surface area contributed by atoms with E-state index in [1.165, 1.54) is 0 Å². The van der Waals surface area contributed by atoms with Gasteiger partial charge in [0, 0.05) is 11.3 Å². The topological polar surface area (TPSA) is 41.1 Å². The van der Waals surface area contributed by atoms with E-state index in [4.69, 9.17) is 6.42 Å². The summed E-state index contributed by atoms with van der Waals surface area (Å²) in [4.78, 5) is 12.0. The highest BCUT2D eigenvalue weighted by Gasteiger charge is 2.25. The summed E-state index contributed by atoms with van der Waals surface area (Å²) in [6.45, 7) is 6.40. The zero-order valence-electron chi connectivity index (χ0n) is 10.5. The van der Waals surface area contributed by atoms with E-state index in [0.29, 0.717) is 0 Å². The molecule has 17 heavy (non-hydrogen) atoms. The van der Waals surface area contributed by atoms with Crippen LogP contribution < -0.4 is 10.6 Å². The van der Waals surface area contributed by atoms with Crippen LogP contribution in [0.25, 0.3) is 0 Å². The average Bonchev–Trinajstić information content (AvgIpc) is 2.29. The van der Waals surface area contributed by atoms with Gasteiger partial charge in [-0.1, -0.05) is 18.9 Å². The van der Waals surface area contributed by atoms with Crippen LogP contribution in [0, 0.1) is 12.3 Å². The predicted octanol–water partition coefficient (Wildman–Crippen LogP) is 1.99.